The second kappa shape index (κ2) is 9.42. The quantitative estimate of drug-likeness (QED) is 0.769. The van der Waals surface area contributed by atoms with E-state index in [0.29, 0.717) is 29.1 Å². The van der Waals surface area contributed by atoms with Gasteiger partial charge in [-0.2, -0.15) is 15.4 Å². The Morgan fingerprint density at radius 2 is 2.10 bits per heavy atom. The van der Waals surface area contributed by atoms with Gasteiger partial charge in [-0.1, -0.05) is 24.3 Å². The van der Waals surface area contributed by atoms with E-state index in [4.69, 9.17) is 4.74 Å². The number of carbonyl (C=O) groups excluding carboxylic acids is 2. The number of rotatable bonds is 5. The van der Waals surface area contributed by atoms with Gasteiger partial charge in [-0.15, -0.1) is 0 Å². The molecule has 162 valence electrons. The molecule has 0 bridgehead atoms. The van der Waals surface area contributed by atoms with Crippen molar-refractivity contribution < 1.29 is 14.3 Å². The Morgan fingerprint density at radius 3 is 2.71 bits per heavy atom. The lowest BCUT2D eigenvalue weighted by atomic mass is 9.95. The van der Waals surface area contributed by atoms with E-state index < -0.39 is 5.92 Å². The zero-order chi connectivity index (χ0) is 22.5. The maximum atomic E-state index is 12.9. The minimum atomic E-state index is -0.395. The molecule has 1 saturated heterocycles. The normalized spacial score (nSPS) is 17.1. The molecule has 0 spiro atoms. The lowest BCUT2D eigenvalue weighted by molar-refractivity contribution is -0.121. The predicted octanol–water partition coefficient (Wildman–Crippen LogP) is 3.55. The third-order valence-electron chi connectivity index (χ3n) is 4.84. The van der Waals surface area contributed by atoms with Crippen molar-refractivity contribution in [3.05, 3.63) is 65.6 Å². The smallest absolute Gasteiger partial charge is 0.255 e. The SMILES string of the molecule is C=C1CC(C(=O)Nc2ccc(-c3cn[nH]n3)cc2C(=O)N(C)C)COC1=CC=C(C)C. The molecule has 0 radical (unpaired) electrons. The van der Waals surface area contributed by atoms with Crippen LogP contribution in [0.15, 0.2) is 60.0 Å². The number of nitrogens with zero attached hydrogens (tertiary/aromatic N) is 3. The minimum absolute atomic E-state index is 0.218. The molecule has 31 heavy (non-hydrogen) atoms. The maximum absolute atomic E-state index is 12.9. The van der Waals surface area contributed by atoms with Gasteiger partial charge in [-0.3, -0.25) is 9.59 Å². The average Bonchev–Trinajstić information content (AvgIpc) is 3.27. The summed E-state index contributed by atoms with van der Waals surface area (Å²) in [7, 11) is 3.33. The topological polar surface area (TPSA) is 100 Å². The Hall–Kier alpha value is -3.68. The molecular formula is C23H27N5O3. The van der Waals surface area contributed by atoms with Crippen molar-refractivity contribution in [2.24, 2.45) is 5.92 Å². The summed E-state index contributed by atoms with van der Waals surface area (Å²) in [6.45, 7) is 8.29. The van der Waals surface area contributed by atoms with Gasteiger partial charge in [0, 0.05) is 19.7 Å². The van der Waals surface area contributed by atoms with Gasteiger partial charge in [-0.05, 0) is 44.1 Å². The third-order valence-corrected chi connectivity index (χ3v) is 4.84. The van der Waals surface area contributed by atoms with E-state index in [1.54, 1.807) is 38.5 Å². The Bertz CT molecular complexity index is 1050. The largest absolute Gasteiger partial charge is 0.492 e. The summed E-state index contributed by atoms with van der Waals surface area (Å²) in [6, 6.07) is 5.19. The average molecular weight is 422 g/mol. The van der Waals surface area contributed by atoms with Gasteiger partial charge in [0.05, 0.1) is 23.4 Å². The number of ether oxygens (including phenoxy) is 1. The summed E-state index contributed by atoms with van der Waals surface area (Å²) >= 11 is 0. The summed E-state index contributed by atoms with van der Waals surface area (Å²) in [5.41, 5.74) is 4.07. The van der Waals surface area contributed by atoms with Crippen LogP contribution in [0.4, 0.5) is 5.69 Å². The molecule has 1 atom stereocenters. The highest BCUT2D eigenvalue weighted by molar-refractivity contribution is 6.05. The summed E-state index contributed by atoms with van der Waals surface area (Å²) in [4.78, 5) is 27.1. The molecule has 2 aromatic rings. The van der Waals surface area contributed by atoms with Crippen molar-refractivity contribution in [2.45, 2.75) is 20.3 Å². The number of anilines is 1. The van der Waals surface area contributed by atoms with E-state index in [2.05, 4.69) is 27.3 Å². The number of hydrogen-bond acceptors (Lipinski definition) is 5. The van der Waals surface area contributed by atoms with Crippen LogP contribution >= 0.6 is 0 Å². The lowest BCUT2D eigenvalue weighted by Crippen LogP contribution is -2.31. The fourth-order valence-corrected chi connectivity index (χ4v) is 3.13. The van der Waals surface area contributed by atoms with E-state index >= 15 is 0 Å². The molecular weight excluding hydrogens is 394 g/mol. The fraction of sp³-hybridized carbons (Fsp3) is 0.304. The Balaban J connectivity index is 1.79. The molecule has 8 nitrogen and oxygen atoms in total. The van der Waals surface area contributed by atoms with Crippen LogP contribution in [0.5, 0.6) is 0 Å². The minimum Gasteiger partial charge on any atom is -0.492 e. The maximum Gasteiger partial charge on any atom is 0.255 e. The molecule has 3 rings (SSSR count). The monoisotopic (exact) mass is 421 g/mol. The molecule has 0 saturated carbocycles. The molecule has 2 amide bonds. The second-order valence-corrected chi connectivity index (χ2v) is 7.89. The number of nitrogens with one attached hydrogen (secondary N) is 2. The van der Waals surface area contributed by atoms with Gasteiger partial charge in [0.2, 0.25) is 5.91 Å². The standard InChI is InChI=1S/C23H27N5O3/c1-14(2)6-9-21-15(3)10-17(13-31-21)22(29)25-19-8-7-16(20-12-24-27-26-20)11-18(19)23(30)28(4)5/h6-9,11-12,17H,3,10,13H2,1-2,4-5H3,(H,25,29)(H,24,26,27). The molecule has 1 aromatic carbocycles. The Morgan fingerprint density at radius 1 is 1.32 bits per heavy atom. The number of amides is 2. The van der Waals surface area contributed by atoms with Crippen molar-refractivity contribution >= 4 is 17.5 Å². The zero-order valence-corrected chi connectivity index (χ0v) is 18.2. The van der Waals surface area contributed by atoms with Crippen LogP contribution in [-0.2, 0) is 9.53 Å². The first-order valence-electron chi connectivity index (χ1n) is 9.95. The molecule has 1 aliphatic rings. The van der Waals surface area contributed by atoms with Crippen molar-refractivity contribution in [2.75, 3.05) is 26.0 Å². The molecule has 1 fully saturated rings. The number of H-pyrrole nitrogens is 1. The highest BCUT2D eigenvalue weighted by Crippen LogP contribution is 2.29. The summed E-state index contributed by atoms with van der Waals surface area (Å²) in [6.07, 6.45) is 5.89. The van der Waals surface area contributed by atoms with E-state index in [9.17, 15) is 9.59 Å². The van der Waals surface area contributed by atoms with Crippen molar-refractivity contribution in [3.8, 4) is 11.3 Å². The second-order valence-electron chi connectivity index (χ2n) is 7.89. The van der Waals surface area contributed by atoms with E-state index in [-0.39, 0.29) is 18.4 Å². The molecule has 2 heterocycles. The molecule has 1 aromatic heterocycles. The van der Waals surface area contributed by atoms with Crippen molar-refractivity contribution in [3.63, 3.8) is 0 Å². The lowest BCUT2D eigenvalue weighted by Gasteiger charge is -2.26. The van der Waals surface area contributed by atoms with Crippen molar-refractivity contribution in [1.82, 2.24) is 20.3 Å². The number of benzene rings is 1. The Kier molecular flexibility index (Phi) is 6.69. The van der Waals surface area contributed by atoms with E-state index in [0.717, 1.165) is 16.7 Å². The molecule has 2 N–H and O–H groups in total. The molecule has 8 heteroatoms. The number of aromatic nitrogens is 3. The fourth-order valence-electron chi connectivity index (χ4n) is 3.13. The number of carbonyl (C=O) groups is 2. The molecule has 0 aliphatic carbocycles. The van der Waals surface area contributed by atoms with Crippen LogP contribution in [0.2, 0.25) is 0 Å². The van der Waals surface area contributed by atoms with E-state index in [1.165, 1.54) is 4.90 Å². The van der Waals surface area contributed by atoms with Gasteiger partial charge < -0.3 is 15.0 Å². The van der Waals surface area contributed by atoms with Gasteiger partial charge in [0.1, 0.15) is 18.1 Å². The van der Waals surface area contributed by atoms with Gasteiger partial charge >= 0.3 is 0 Å². The first-order chi connectivity index (χ1) is 14.8. The van der Waals surface area contributed by atoms with Crippen molar-refractivity contribution in [1.29, 1.82) is 0 Å². The van der Waals surface area contributed by atoms with Crippen LogP contribution in [0.3, 0.4) is 0 Å². The first kappa shape index (κ1) is 22.0. The van der Waals surface area contributed by atoms with Crippen LogP contribution < -0.4 is 5.32 Å². The number of allylic oxidation sites excluding steroid dienone is 4. The summed E-state index contributed by atoms with van der Waals surface area (Å²) < 4.78 is 5.76. The van der Waals surface area contributed by atoms with Gasteiger partial charge in [0.15, 0.2) is 0 Å². The summed E-state index contributed by atoms with van der Waals surface area (Å²) in [5.74, 6) is -0.138. The number of hydrogen-bond donors (Lipinski definition) is 2. The molecule has 1 aliphatic heterocycles. The highest BCUT2D eigenvalue weighted by atomic mass is 16.5. The van der Waals surface area contributed by atoms with Crippen LogP contribution in [0, 0.1) is 5.92 Å². The number of aromatic amines is 1. The zero-order valence-electron chi connectivity index (χ0n) is 18.2. The van der Waals surface area contributed by atoms with Crippen LogP contribution in [0.1, 0.15) is 30.6 Å². The van der Waals surface area contributed by atoms with Crippen LogP contribution in [-0.4, -0.2) is 52.8 Å². The van der Waals surface area contributed by atoms with Gasteiger partial charge in [-0.25, -0.2) is 0 Å². The van der Waals surface area contributed by atoms with Crippen LogP contribution in [0.25, 0.3) is 11.3 Å². The predicted molar refractivity (Wildman–Crippen MR) is 119 cm³/mol. The van der Waals surface area contributed by atoms with E-state index in [1.807, 2.05) is 26.0 Å². The molecule has 1 unspecified atom stereocenters. The van der Waals surface area contributed by atoms with Gasteiger partial charge in [0.25, 0.3) is 5.91 Å². The third kappa shape index (κ3) is 5.28. The Labute approximate surface area is 181 Å². The summed E-state index contributed by atoms with van der Waals surface area (Å²) in [5, 5.41) is 13.3. The highest BCUT2D eigenvalue weighted by Gasteiger charge is 2.28. The first-order valence-corrected chi connectivity index (χ1v) is 9.95.